The van der Waals surface area contributed by atoms with Crippen LogP contribution in [0.2, 0.25) is 0 Å². The molecule has 0 aliphatic rings. The lowest BCUT2D eigenvalue weighted by atomic mass is 10.6. The predicted molar refractivity (Wildman–Crippen MR) is 38.6 cm³/mol. The van der Waals surface area contributed by atoms with Gasteiger partial charge in [-0.05, 0) is 18.5 Å². The summed E-state index contributed by atoms with van der Waals surface area (Å²) in [6.07, 6.45) is 2.87. The second-order valence-corrected chi connectivity index (χ2v) is 1.95. The molecule has 0 aromatic heterocycles. The van der Waals surface area contributed by atoms with Gasteiger partial charge in [-0.25, -0.2) is 4.90 Å². The van der Waals surface area contributed by atoms with Crippen LogP contribution in [0.15, 0.2) is 12.3 Å². The molecule has 0 radical (unpaired) electrons. The Morgan fingerprint density at radius 2 is 2.00 bits per heavy atom. The maximum atomic E-state index is 10.5. The molecule has 0 saturated carbocycles. The van der Waals surface area contributed by atoms with Crippen LogP contribution >= 0.6 is 11.6 Å². The first kappa shape index (κ1) is 9.17. The van der Waals surface area contributed by atoms with Gasteiger partial charge in [0.2, 0.25) is 5.91 Å². The van der Waals surface area contributed by atoms with E-state index in [-0.39, 0.29) is 0 Å². The van der Waals surface area contributed by atoms with Gasteiger partial charge in [0.1, 0.15) is 0 Å². The quantitative estimate of drug-likeness (QED) is 0.434. The van der Waals surface area contributed by atoms with Gasteiger partial charge in [-0.3, -0.25) is 9.59 Å². The molecule has 10 heavy (non-hydrogen) atoms. The van der Waals surface area contributed by atoms with Gasteiger partial charge in [-0.2, -0.15) is 0 Å². The highest BCUT2D eigenvalue weighted by Gasteiger charge is 2.10. The lowest BCUT2D eigenvalue weighted by Crippen LogP contribution is -2.24. The minimum absolute atomic E-state index is 0.391. The summed E-state index contributed by atoms with van der Waals surface area (Å²) in [5.74, 6) is -0.391. The molecule has 0 unspecified atom stereocenters. The Balaban J connectivity index is 4.27. The van der Waals surface area contributed by atoms with Crippen LogP contribution in [0, 0.1) is 0 Å². The standard InChI is InChI=1S/C6H8ClNO2/c1-3-4-8(5(2)9)6(7)10/h3-4H,1-2H3/b4-3-. The highest BCUT2D eigenvalue weighted by molar-refractivity contribution is 6.64. The third-order valence-corrected chi connectivity index (χ3v) is 1.01. The molecule has 0 N–H and O–H groups in total. The molecule has 0 aromatic rings. The highest BCUT2D eigenvalue weighted by atomic mass is 35.5. The van der Waals surface area contributed by atoms with Gasteiger partial charge in [-0.15, -0.1) is 0 Å². The van der Waals surface area contributed by atoms with E-state index in [4.69, 9.17) is 11.6 Å². The molecule has 0 saturated heterocycles. The lowest BCUT2D eigenvalue weighted by Gasteiger charge is -2.07. The molecule has 0 rings (SSSR count). The van der Waals surface area contributed by atoms with Crippen molar-refractivity contribution >= 4 is 22.9 Å². The molecule has 0 aromatic carbocycles. The van der Waals surface area contributed by atoms with Gasteiger partial charge in [-0.1, -0.05) is 6.08 Å². The average Bonchev–Trinajstić information content (AvgIpc) is 1.81. The van der Waals surface area contributed by atoms with E-state index in [0.717, 1.165) is 4.90 Å². The summed E-state index contributed by atoms with van der Waals surface area (Å²) >= 11 is 5.03. The van der Waals surface area contributed by atoms with Gasteiger partial charge in [0.15, 0.2) is 0 Å². The minimum Gasteiger partial charge on any atom is -0.274 e. The molecule has 56 valence electrons. The molecule has 0 aliphatic carbocycles. The zero-order valence-electron chi connectivity index (χ0n) is 5.80. The van der Waals surface area contributed by atoms with E-state index in [2.05, 4.69) is 0 Å². The van der Waals surface area contributed by atoms with Gasteiger partial charge >= 0.3 is 5.37 Å². The second kappa shape index (κ2) is 4.06. The smallest absolute Gasteiger partial charge is 0.274 e. The predicted octanol–water partition coefficient (Wildman–Crippen LogP) is 1.73. The van der Waals surface area contributed by atoms with Crippen LogP contribution in [0.5, 0.6) is 0 Å². The van der Waals surface area contributed by atoms with Gasteiger partial charge < -0.3 is 0 Å². The van der Waals surface area contributed by atoms with E-state index in [1.54, 1.807) is 13.0 Å². The van der Waals surface area contributed by atoms with Crippen molar-refractivity contribution in [3.63, 3.8) is 0 Å². The van der Waals surface area contributed by atoms with Gasteiger partial charge in [0.25, 0.3) is 0 Å². The van der Waals surface area contributed by atoms with Crippen LogP contribution in [-0.4, -0.2) is 16.2 Å². The molecular formula is C6H8ClNO2. The van der Waals surface area contributed by atoms with E-state index in [1.165, 1.54) is 13.1 Å². The average molecular weight is 162 g/mol. The fraction of sp³-hybridized carbons (Fsp3) is 0.333. The minimum atomic E-state index is -0.786. The summed E-state index contributed by atoms with van der Waals surface area (Å²) in [4.78, 5) is 21.8. The Morgan fingerprint density at radius 3 is 2.10 bits per heavy atom. The number of hydrogen-bond donors (Lipinski definition) is 0. The molecule has 2 amide bonds. The second-order valence-electron chi connectivity index (χ2n) is 1.62. The number of carbonyl (C=O) groups excluding carboxylic acids is 2. The van der Waals surface area contributed by atoms with E-state index in [9.17, 15) is 9.59 Å². The summed E-state index contributed by atoms with van der Waals surface area (Å²) in [5.41, 5.74) is 0. The highest BCUT2D eigenvalue weighted by Crippen LogP contribution is 1.97. The van der Waals surface area contributed by atoms with Crippen LogP contribution in [0.4, 0.5) is 4.79 Å². The largest absolute Gasteiger partial charge is 0.327 e. The van der Waals surface area contributed by atoms with Crippen molar-refractivity contribution in [2.24, 2.45) is 0 Å². The maximum Gasteiger partial charge on any atom is 0.327 e. The molecule has 3 nitrogen and oxygen atoms in total. The van der Waals surface area contributed by atoms with E-state index >= 15 is 0 Å². The Kier molecular flexibility index (Phi) is 3.72. The molecule has 0 atom stereocenters. The van der Waals surface area contributed by atoms with Crippen molar-refractivity contribution in [3.05, 3.63) is 12.3 Å². The number of allylic oxidation sites excluding steroid dienone is 1. The molecule has 0 fully saturated rings. The van der Waals surface area contributed by atoms with Crippen molar-refractivity contribution in [2.75, 3.05) is 0 Å². The van der Waals surface area contributed by atoms with Crippen LogP contribution in [0.3, 0.4) is 0 Å². The number of rotatable bonds is 1. The Hall–Kier alpha value is -0.830. The summed E-state index contributed by atoms with van der Waals surface area (Å²) in [5, 5.41) is -0.786. The normalized spacial score (nSPS) is 9.90. The number of halogens is 1. The van der Waals surface area contributed by atoms with Crippen LogP contribution in [0.1, 0.15) is 13.8 Å². The van der Waals surface area contributed by atoms with E-state index in [0.29, 0.717) is 0 Å². The Labute approximate surface area is 64.3 Å². The van der Waals surface area contributed by atoms with Crippen molar-refractivity contribution < 1.29 is 9.59 Å². The van der Waals surface area contributed by atoms with Crippen molar-refractivity contribution in [1.29, 1.82) is 0 Å². The maximum absolute atomic E-state index is 10.5. The summed E-state index contributed by atoms with van der Waals surface area (Å²) in [6.45, 7) is 2.95. The molecular weight excluding hydrogens is 154 g/mol. The van der Waals surface area contributed by atoms with Crippen molar-refractivity contribution in [3.8, 4) is 0 Å². The van der Waals surface area contributed by atoms with Crippen molar-refractivity contribution in [2.45, 2.75) is 13.8 Å². The molecule has 0 bridgehead atoms. The number of nitrogens with zero attached hydrogens (tertiary/aromatic N) is 1. The van der Waals surface area contributed by atoms with Crippen LogP contribution < -0.4 is 0 Å². The lowest BCUT2D eigenvalue weighted by molar-refractivity contribution is -0.123. The first-order valence-corrected chi connectivity index (χ1v) is 3.09. The number of carbonyl (C=O) groups is 2. The van der Waals surface area contributed by atoms with Crippen molar-refractivity contribution in [1.82, 2.24) is 4.90 Å². The zero-order chi connectivity index (χ0) is 8.15. The molecule has 0 aliphatic heterocycles. The molecule has 0 spiro atoms. The van der Waals surface area contributed by atoms with Gasteiger partial charge in [0.05, 0.1) is 0 Å². The number of hydrogen-bond acceptors (Lipinski definition) is 2. The first-order valence-electron chi connectivity index (χ1n) is 2.71. The third kappa shape index (κ3) is 2.64. The first-order chi connectivity index (χ1) is 4.59. The zero-order valence-corrected chi connectivity index (χ0v) is 6.55. The fourth-order valence-electron chi connectivity index (χ4n) is 0.436. The summed E-state index contributed by atoms with van der Waals surface area (Å²) < 4.78 is 0. The third-order valence-electron chi connectivity index (χ3n) is 0.827. The number of amides is 2. The molecule has 0 heterocycles. The Morgan fingerprint density at radius 1 is 1.50 bits per heavy atom. The summed E-state index contributed by atoms with van der Waals surface area (Å²) in [7, 11) is 0. The van der Waals surface area contributed by atoms with Crippen LogP contribution in [0.25, 0.3) is 0 Å². The van der Waals surface area contributed by atoms with E-state index in [1.807, 2.05) is 0 Å². The summed E-state index contributed by atoms with van der Waals surface area (Å²) in [6, 6.07) is 0. The van der Waals surface area contributed by atoms with E-state index < -0.39 is 11.3 Å². The fourth-order valence-corrected chi connectivity index (χ4v) is 0.612. The van der Waals surface area contributed by atoms with Crippen LogP contribution in [-0.2, 0) is 4.79 Å². The Bertz CT molecular complexity index is 163. The SMILES string of the molecule is C/C=C\N(C(C)=O)C(=O)Cl. The monoisotopic (exact) mass is 161 g/mol. The topological polar surface area (TPSA) is 37.4 Å². The number of imide groups is 1. The molecule has 4 heteroatoms. The van der Waals surface area contributed by atoms with Gasteiger partial charge in [0, 0.05) is 13.1 Å².